The highest BCUT2D eigenvalue weighted by Gasteiger charge is 2.26. The van der Waals surface area contributed by atoms with Crippen LogP contribution in [-0.4, -0.2) is 28.9 Å². The smallest absolute Gasteiger partial charge is 0.223 e. The van der Waals surface area contributed by atoms with Gasteiger partial charge in [0.05, 0.1) is 0 Å². The highest BCUT2D eigenvalue weighted by molar-refractivity contribution is 5.88. The average Bonchev–Trinajstić information content (AvgIpc) is 3.36. The summed E-state index contributed by atoms with van der Waals surface area (Å²) in [5, 5.41) is 1.24. The molecule has 0 bridgehead atoms. The van der Waals surface area contributed by atoms with Crippen LogP contribution >= 0.6 is 0 Å². The minimum absolute atomic E-state index is 0.0829. The first-order valence-corrected chi connectivity index (χ1v) is 10.1. The molecule has 1 fully saturated rings. The Balaban J connectivity index is 1.75. The standard InChI is InChI=1S/C24H28N2O/c1-3-18-7-6-8-20-22(16-25-24(18)20)21(19-11-9-17(2)10-12-19)15-23(27)26-13-4-5-14-26/h6-12,16,21,25H,3-5,13-15H2,1-2H3. The second-order valence-electron chi connectivity index (χ2n) is 7.69. The maximum atomic E-state index is 13.0. The van der Waals surface area contributed by atoms with Crippen LogP contribution in [0, 0.1) is 6.92 Å². The summed E-state index contributed by atoms with van der Waals surface area (Å²) in [7, 11) is 0. The molecule has 1 amide bonds. The Labute approximate surface area is 161 Å². The molecular formula is C24H28N2O. The molecule has 1 saturated heterocycles. The van der Waals surface area contributed by atoms with Gasteiger partial charge in [-0.15, -0.1) is 0 Å². The third-order valence-electron chi connectivity index (χ3n) is 5.91. The topological polar surface area (TPSA) is 36.1 Å². The number of amides is 1. The lowest BCUT2D eigenvalue weighted by molar-refractivity contribution is -0.130. The predicted molar refractivity (Wildman–Crippen MR) is 111 cm³/mol. The van der Waals surface area contributed by atoms with Crippen LogP contribution in [0.1, 0.15) is 54.4 Å². The fourth-order valence-electron chi connectivity index (χ4n) is 4.30. The van der Waals surface area contributed by atoms with Crippen LogP contribution < -0.4 is 0 Å². The van der Waals surface area contributed by atoms with Crippen molar-refractivity contribution in [2.75, 3.05) is 13.1 Å². The molecule has 1 atom stereocenters. The maximum absolute atomic E-state index is 13.0. The third-order valence-corrected chi connectivity index (χ3v) is 5.91. The van der Waals surface area contributed by atoms with Gasteiger partial charge in [-0.05, 0) is 42.9 Å². The molecule has 3 aromatic rings. The molecule has 1 aromatic heterocycles. The fraction of sp³-hybridized carbons (Fsp3) is 0.375. The monoisotopic (exact) mass is 360 g/mol. The van der Waals surface area contributed by atoms with E-state index in [9.17, 15) is 4.79 Å². The van der Waals surface area contributed by atoms with Crippen molar-refractivity contribution in [3.05, 3.63) is 70.9 Å². The summed E-state index contributed by atoms with van der Waals surface area (Å²) in [5.41, 5.74) is 6.23. The summed E-state index contributed by atoms with van der Waals surface area (Å²) in [6, 6.07) is 15.2. The van der Waals surface area contributed by atoms with Crippen LogP contribution in [0.5, 0.6) is 0 Å². The SMILES string of the molecule is CCc1cccc2c(C(CC(=O)N3CCCC3)c3ccc(C)cc3)c[nH]c12. The van der Waals surface area contributed by atoms with Crippen LogP contribution in [0.2, 0.25) is 0 Å². The first-order chi connectivity index (χ1) is 13.2. The molecule has 1 unspecified atom stereocenters. The second-order valence-corrected chi connectivity index (χ2v) is 7.69. The molecule has 3 nitrogen and oxygen atoms in total. The molecule has 3 heteroatoms. The van der Waals surface area contributed by atoms with E-state index in [-0.39, 0.29) is 11.8 Å². The van der Waals surface area contributed by atoms with Gasteiger partial charge in [-0.25, -0.2) is 0 Å². The number of carbonyl (C=O) groups is 1. The molecule has 1 aliphatic heterocycles. The number of fused-ring (bicyclic) bond motifs is 1. The van der Waals surface area contributed by atoms with Gasteiger partial charge in [0.25, 0.3) is 0 Å². The van der Waals surface area contributed by atoms with Crippen LogP contribution in [-0.2, 0) is 11.2 Å². The van der Waals surface area contributed by atoms with Crippen molar-refractivity contribution < 1.29 is 4.79 Å². The predicted octanol–water partition coefficient (Wildman–Crippen LogP) is 5.18. The van der Waals surface area contributed by atoms with Crippen molar-refractivity contribution in [3.63, 3.8) is 0 Å². The van der Waals surface area contributed by atoms with Gasteiger partial charge in [0.15, 0.2) is 0 Å². The Hall–Kier alpha value is -2.55. The molecule has 2 aromatic carbocycles. The van der Waals surface area contributed by atoms with Crippen molar-refractivity contribution in [1.82, 2.24) is 9.88 Å². The highest BCUT2D eigenvalue weighted by atomic mass is 16.2. The Bertz CT molecular complexity index is 933. The van der Waals surface area contributed by atoms with Crippen LogP contribution in [0.4, 0.5) is 0 Å². The number of rotatable bonds is 5. The van der Waals surface area contributed by atoms with E-state index in [1.54, 1.807) is 0 Å². The summed E-state index contributed by atoms with van der Waals surface area (Å²) < 4.78 is 0. The van der Waals surface area contributed by atoms with Crippen LogP contribution in [0.3, 0.4) is 0 Å². The molecule has 0 aliphatic carbocycles. The van der Waals surface area contributed by atoms with E-state index in [1.807, 2.05) is 4.90 Å². The number of hydrogen-bond donors (Lipinski definition) is 1. The molecule has 2 heterocycles. The quantitative estimate of drug-likeness (QED) is 0.668. The van der Waals surface area contributed by atoms with Gasteiger partial charge >= 0.3 is 0 Å². The fourth-order valence-corrected chi connectivity index (χ4v) is 4.30. The zero-order chi connectivity index (χ0) is 18.8. The molecule has 0 saturated carbocycles. The number of carbonyl (C=O) groups excluding carboxylic acids is 1. The maximum Gasteiger partial charge on any atom is 0.223 e. The largest absolute Gasteiger partial charge is 0.361 e. The van der Waals surface area contributed by atoms with Gasteiger partial charge in [0.2, 0.25) is 5.91 Å². The Morgan fingerprint density at radius 2 is 1.85 bits per heavy atom. The summed E-state index contributed by atoms with van der Waals surface area (Å²) >= 11 is 0. The molecular weight excluding hydrogens is 332 g/mol. The van der Waals surface area contributed by atoms with Crippen LogP contribution in [0.25, 0.3) is 10.9 Å². The number of nitrogens with zero attached hydrogens (tertiary/aromatic N) is 1. The van der Waals surface area contributed by atoms with Crippen molar-refractivity contribution in [1.29, 1.82) is 0 Å². The normalized spacial score (nSPS) is 15.4. The van der Waals surface area contributed by atoms with E-state index in [0.717, 1.165) is 32.4 Å². The third kappa shape index (κ3) is 3.51. The van der Waals surface area contributed by atoms with Gasteiger partial charge in [0.1, 0.15) is 0 Å². The number of hydrogen-bond acceptors (Lipinski definition) is 1. The van der Waals surface area contributed by atoms with E-state index in [1.165, 1.54) is 33.2 Å². The van der Waals surface area contributed by atoms with Gasteiger partial charge < -0.3 is 9.88 Å². The van der Waals surface area contributed by atoms with Crippen LogP contribution in [0.15, 0.2) is 48.7 Å². The summed E-state index contributed by atoms with van der Waals surface area (Å²) in [6.45, 7) is 6.11. The molecule has 1 N–H and O–H groups in total. The number of H-pyrrole nitrogens is 1. The van der Waals surface area contributed by atoms with E-state index < -0.39 is 0 Å². The zero-order valence-electron chi connectivity index (χ0n) is 16.3. The molecule has 0 spiro atoms. The van der Waals surface area contributed by atoms with Crippen molar-refractivity contribution in [3.8, 4) is 0 Å². The van der Waals surface area contributed by atoms with Crippen molar-refractivity contribution in [2.24, 2.45) is 0 Å². The minimum Gasteiger partial charge on any atom is -0.361 e. The summed E-state index contributed by atoms with van der Waals surface area (Å²) in [4.78, 5) is 18.5. The van der Waals surface area contributed by atoms with E-state index in [0.29, 0.717) is 6.42 Å². The molecule has 0 radical (unpaired) electrons. The Kier molecular flexibility index (Phi) is 5.02. The number of aromatic amines is 1. The lowest BCUT2D eigenvalue weighted by Crippen LogP contribution is -2.29. The molecule has 4 rings (SSSR count). The van der Waals surface area contributed by atoms with E-state index in [4.69, 9.17) is 0 Å². The number of likely N-dealkylation sites (tertiary alicyclic amines) is 1. The number of aryl methyl sites for hydroxylation is 2. The molecule has 140 valence electrons. The first kappa shape index (κ1) is 17.8. The van der Waals surface area contributed by atoms with Gasteiger partial charge in [-0.1, -0.05) is 55.0 Å². The van der Waals surface area contributed by atoms with Crippen molar-refractivity contribution >= 4 is 16.8 Å². The minimum atomic E-state index is 0.0829. The average molecular weight is 361 g/mol. The van der Waals surface area contributed by atoms with Gasteiger partial charge in [0, 0.05) is 42.5 Å². The number of para-hydroxylation sites is 1. The lowest BCUT2D eigenvalue weighted by atomic mass is 9.87. The molecule has 1 aliphatic rings. The summed E-state index contributed by atoms with van der Waals surface area (Å²) in [5.74, 6) is 0.360. The van der Waals surface area contributed by atoms with Gasteiger partial charge in [-0.2, -0.15) is 0 Å². The van der Waals surface area contributed by atoms with Gasteiger partial charge in [-0.3, -0.25) is 4.79 Å². The lowest BCUT2D eigenvalue weighted by Gasteiger charge is -2.21. The van der Waals surface area contributed by atoms with E-state index >= 15 is 0 Å². The van der Waals surface area contributed by atoms with Crippen molar-refractivity contribution in [2.45, 2.75) is 45.4 Å². The Morgan fingerprint density at radius 1 is 1.11 bits per heavy atom. The number of nitrogens with one attached hydrogen (secondary N) is 1. The Morgan fingerprint density at radius 3 is 2.56 bits per heavy atom. The first-order valence-electron chi connectivity index (χ1n) is 10.1. The highest BCUT2D eigenvalue weighted by Crippen LogP contribution is 2.35. The number of aromatic nitrogens is 1. The zero-order valence-corrected chi connectivity index (χ0v) is 16.3. The second kappa shape index (κ2) is 7.59. The number of benzene rings is 2. The summed E-state index contributed by atoms with van der Waals surface area (Å²) in [6.07, 6.45) is 5.92. The molecule has 27 heavy (non-hydrogen) atoms. The van der Waals surface area contributed by atoms with E-state index in [2.05, 4.69) is 67.5 Å².